The molecule has 0 saturated carbocycles. The van der Waals surface area contributed by atoms with Crippen LogP contribution in [0, 0.1) is 5.92 Å². The fraction of sp³-hybridized carbons (Fsp3) is 0.786. The molecule has 2 amide bonds. The maximum Gasteiger partial charge on any atom is 0.306 e. The summed E-state index contributed by atoms with van der Waals surface area (Å²) in [5, 5.41) is 11.7. The van der Waals surface area contributed by atoms with Crippen molar-refractivity contribution in [3.05, 3.63) is 0 Å². The Morgan fingerprint density at radius 3 is 2.30 bits per heavy atom. The smallest absolute Gasteiger partial charge is 0.306 e. The second kappa shape index (κ2) is 7.87. The Kier molecular flexibility index (Phi) is 6.48. The number of likely N-dealkylation sites (tertiary alicyclic amines) is 1. The summed E-state index contributed by atoms with van der Waals surface area (Å²) in [7, 11) is 0. The summed E-state index contributed by atoms with van der Waals surface area (Å²) in [6, 6.07) is 0.119. The molecular weight excluding hydrogens is 260 g/mol. The lowest BCUT2D eigenvalue weighted by molar-refractivity contribution is -0.145. The van der Waals surface area contributed by atoms with Gasteiger partial charge in [-0.2, -0.15) is 0 Å². The van der Waals surface area contributed by atoms with Crippen LogP contribution in [0.1, 0.15) is 46.0 Å². The molecule has 0 unspecified atom stereocenters. The molecule has 1 aliphatic heterocycles. The Hall–Kier alpha value is -1.59. The van der Waals surface area contributed by atoms with Crippen molar-refractivity contribution in [1.29, 1.82) is 0 Å². The monoisotopic (exact) mass is 284 g/mol. The zero-order valence-corrected chi connectivity index (χ0v) is 12.2. The lowest BCUT2D eigenvalue weighted by Gasteiger charge is -2.30. The van der Waals surface area contributed by atoms with Crippen LogP contribution in [0.25, 0.3) is 0 Å². The van der Waals surface area contributed by atoms with E-state index in [1.54, 1.807) is 4.90 Å². The van der Waals surface area contributed by atoms with Crippen molar-refractivity contribution >= 4 is 17.8 Å². The van der Waals surface area contributed by atoms with E-state index in [0.29, 0.717) is 45.2 Å². The van der Waals surface area contributed by atoms with Crippen molar-refractivity contribution in [3.8, 4) is 0 Å². The van der Waals surface area contributed by atoms with E-state index >= 15 is 0 Å². The van der Waals surface area contributed by atoms with E-state index in [2.05, 4.69) is 5.32 Å². The number of carbonyl (C=O) groups is 3. The van der Waals surface area contributed by atoms with Crippen molar-refractivity contribution in [3.63, 3.8) is 0 Å². The third kappa shape index (κ3) is 5.59. The van der Waals surface area contributed by atoms with E-state index in [9.17, 15) is 14.4 Å². The third-order valence-electron chi connectivity index (χ3n) is 3.44. The number of aliphatic carboxylic acids is 1. The number of rotatable bonds is 6. The highest BCUT2D eigenvalue weighted by Gasteiger charge is 2.26. The minimum absolute atomic E-state index is 0.0196. The average Bonchev–Trinajstić information content (AvgIpc) is 2.37. The van der Waals surface area contributed by atoms with E-state index in [0.717, 1.165) is 0 Å². The van der Waals surface area contributed by atoms with Crippen LogP contribution in [0.3, 0.4) is 0 Å². The molecule has 1 saturated heterocycles. The molecule has 114 valence electrons. The molecule has 6 nitrogen and oxygen atoms in total. The van der Waals surface area contributed by atoms with E-state index in [-0.39, 0.29) is 23.8 Å². The van der Waals surface area contributed by atoms with Crippen molar-refractivity contribution in [2.45, 2.75) is 52.0 Å². The molecule has 0 spiro atoms. The summed E-state index contributed by atoms with van der Waals surface area (Å²) in [5.74, 6) is -1.11. The van der Waals surface area contributed by atoms with Crippen LogP contribution < -0.4 is 5.32 Å². The van der Waals surface area contributed by atoms with E-state index in [1.165, 1.54) is 0 Å². The summed E-state index contributed by atoms with van der Waals surface area (Å²) < 4.78 is 0. The molecular formula is C14H24N2O4. The Balaban J connectivity index is 2.21. The standard InChI is InChI=1S/C14H24N2O4/c1-10(2)15-12(17)4-3-5-13(18)16-8-6-11(7-9-16)14(19)20/h10-11H,3-9H2,1-2H3,(H,15,17)(H,19,20). The number of amides is 2. The first kappa shape index (κ1) is 16.5. The van der Waals surface area contributed by atoms with E-state index in [1.807, 2.05) is 13.8 Å². The third-order valence-corrected chi connectivity index (χ3v) is 3.44. The van der Waals surface area contributed by atoms with Crippen LogP contribution in [-0.2, 0) is 14.4 Å². The molecule has 0 aromatic carbocycles. The number of hydrogen-bond acceptors (Lipinski definition) is 3. The van der Waals surface area contributed by atoms with Crippen LogP contribution in [0.15, 0.2) is 0 Å². The van der Waals surface area contributed by atoms with Gasteiger partial charge in [-0.15, -0.1) is 0 Å². The minimum atomic E-state index is -0.776. The maximum atomic E-state index is 11.9. The Morgan fingerprint density at radius 2 is 1.80 bits per heavy atom. The van der Waals surface area contributed by atoms with Gasteiger partial charge in [0.2, 0.25) is 11.8 Å². The molecule has 0 atom stereocenters. The lowest BCUT2D eigenvalue weighted by atomic mass is 9.97. The topological polar surface area (TPSA) is 86.7 Å². The number of carboxylic acid groups (broad SMARTS) is 1. The van der Waals surface area contributed by atoms with Gasteiger partial charge in [-0.05, 0) is 33.1 Å². The molecule has 0 aromatic heterocycles. The minimum Gasteiger partial charge on any atom is -0.481 e. The molecule has 1 aliphatic rings. The number of nitrogens with one attached hydrogen (secondary N) is 1. The summed E-state index contributed by atoms with van der Waals surface area (Å²) in [5.41, 5.74) is 0. The van der Waals surface area contributed by atoms with Crippen LogP contribution in [-0.4, -0.2) is 46.9 Å². The predicted octanol–water partition coefficient (Wildman–Crippen LogP) is 1.00. The van der Waals surface area contributed by atoms with Crippen LogP contribution >= 0.6 is 0 Å². The molecule has 0 bridgehead atoms. The first-order valence-electron chi connectivity index (χ1n) is 7.20. The van der Waals surface area contributed by atoms with Crippen molar-refractivity contribution in [1.82, 2.24) is 10.2 Å². The highest BCUT2D eigenvalue weighted by atomic mass is 16.4. The highest BCUT2D eigenvalue weighted by Crippen LogP contribution is 2.18. The van der Waals surface area contributed by atoms with Crippen LogP contribution in [0.2, 0.25) is 0 Å². The fourth-order valence-corrected chi connectivity index (χ4v) is 2.33. The van der Waals surface area contributed by atoms with Crippen LogP contribution in [0.4, 0.5) is 0 Å². The summed E-state index contributed by atoms with van der Waals surface area (Å²) in [6.45, 7) is 4.81. The van der Waals surface area contributed by atoms with Gasteiger partial charge in [0.1, 0.15) is 0 Å². The van der Waals surface area contributed by atoms with Gasteiger partial charge in [0.25, 0.3) is 0 Å². The second-order valence-corrected chi connectivity index (χ2v) is 5.57. The van der Waals surface area contributed by atoms with Gasteiger partial charge < -0.3 is 15.3 Å². The van der Waals surface area contributed by atoms with Gasteiger partial charge in [0, 0.05) is 32.0 Å². The number of hydrogen-bond donors (Lipinski definition) is 2. The normalized spacial score (nSPS) is 16.2. The Morgan fingerprint density at radius 1 is 1.20 bits per heavy atom. The SMILES string of the molecule is CC(C)NC(=O)CCCC(=O)N1CCC(C(=O)O)CC1. The van der Waals surface area contributed by atoms with E-state index < -0.39 is 5.97 Å². The first-order valence-corrected chi connectivity index (χ1v) is 7.20. The first-order chi connectivity index (χ1) is 9.40. The molecule has 1 rings (SSSR count). The summed E-state index contributed by atoms with van der Waals surface area (Å²) >= 11 is 0. The van der Waals surface area contributed by atoms with Gasteiger partial charge in [-0.3, -0.25) is 14.4 Å². The van der Waals surface area contributed by atoms with Crippen molar-refractivity contribution in [2.75, 3.05) is 13.1 Å². The van der Waals surface area contributed by atoms with E-state index in [4.69, 9.17) is 5.11 Å². The lowest BCUT2D eigenvalue weighted by Crippen LogP contribution is -2.40. The quantitative estimate of drug-likeness (QED) is 0.762. The fourth-order valence-electron chi connectivity index (χ4n) is 2.33. The second-order valence-electron chi connectivity index (χ2n) is 5.57. The largest absolute Gasteiger partial charge is 0.481 e. The zero-order chi connectivity index (χ0) is 15.1. The average molecular weight is 284 g/mol. The summed E-state index contributed by atoms with van der Waals surface area (Å²) in [4.78, 5) is 35.9. The highest BCUT2D eigenvalue weighted by molar-refractivity contribution is 5.79. The predicted molar refractivity (Wildman–Crippen MR) is 74.1 cm³/mol. The zero-order valence-electron chi connectivity index (χ0n) is 12.2. The number of carbonyl (C=O) groups excluding carboxylic acids is 2. The number of carboxylic acids is 1. The maximum absolute atomic E-state index is 11.9. The summed E-state index contributed by atoms with van der Waals surface area (Å²) in [6.07, 6.45) is 2.29. The molecule has 2 N–H and O–H groups in total. The van der Waals surface area contributed by atoms with Gasteiger partial charge in [-0.25, -0.2) is 0 Å². The molecule has 6 heteroatoms. The number of nitrogens with zero attached hydrogens (tertiary/aromatic N) is 1. The van der Waals surface area contributed by atoms with Crippen molar-refractivity contribution in [2.24, 2.45) is 5.92 Å². The molecule has 1 fully saturated rings. The van der Waals surface area contributed by atoms with Gasteiger partial charge in [0.15, 0.2) is 0 Å². The van der Waals surface area contributed by atoms with Gasteiger partial charge in [-0.1, -0.05) is 0 Å². The van der Waals surface area contributed by atoms with Crippen LogP contribution in [0.5, 0.6) is 0 Å². The Bertz CT molecular complexity index is 360. The number of piperidine rings is 1. The molecule has 0 aromatic rings. The molecule has 0 radical (unpaired) electrons. The molecule has 20 heavy (non-hydrogen) atoms. The van der Waals surface area contributed by atoms with Gasteiger partial charge in [0.05, 0.1) is 5.92 Å². The molecule has 0 aliphatic carbocycles. The van der Waals surface area contributed by atoms with Crippen molar-refractivity contribution < 1.29 is 19.5 Å². The molecule has 1 heterocycles. The van der Waals surface area contributed by atoms with Gasteiger partial charge >= 0.3 is 5.97 Å². The Labute approximate surface area is 119 Å².